The highest BCUT2D eigenvalue weighted by molar-refractivity contribution is 6.15. The average molecular weight is 202 g/mol. The highest BCUT2D eigenvalue weighted by Gasteiger charge is 1.80. The van der Waals surface area contributed by atoms with Crippen LogP contribution in [0.2, 0.25) is 0 Å². The van der Waals surface area contributed by atoms with Crippen LogP contribution < -0.4 is 11.5 Å². The van der Waals surface area contributed by atoms with Gasteiger partial charge in [0.05, 0.1) is 26.5 Å². The minimum Gasteiger partial charge on any atom is -0.365 e. The molecule has 0 aliphatic rings. The van der Waals surface area contributed by atoms with Crippen LogP contribution in [0.3, 0.4) is 0 Å². The number of ether oxygens (including phenoxy) is 2. The molecule has 14 heavy (non-hydrogen) atoms. The molecule has 0 aliphatic heterocycles. The number of nitrogens with two attached hydrogens (primary N) is 2. The molecule has 0 radical (unpaired) electrons. The molecule has 4 N–H and O–H groups in total. The Hall–Kier alpha value is -0.820. The van der Waals surface area contributed by atoms with Gasteiger partial charge in [0.2, 0.25) is 0 Å². The Bertz CT molecular complexity index is 143. The summed E-state index contributed by atoms with van der Waals surface area (Å²) < 4.78 is 9.88. The standard InChI is InChI=1S/C8H18N4O2/c9-1-5-14-8-12-3-2-11-4-6-13-7-10/h2-3H,1,4-10H2/b11-2+,12-3+. The molecule has 6 nitrogen and oxygen atoms in total. The van der Waals surface area contributed by atoms with Crippen molar-refractivity contribution in [1.82, 2.24) is 0 Å². The van der Waals surface area contributed by atoms with Gasteiger partial charge in [-0.15, -0.1) is 0 Å². The molecule has 0 heterocycles. The molecule has 0 aromatic carbocycles. The lowest BCUT2D eigenvalue weighted by Gasteiger charge is -1.95. The highest BCUT2D eigenvalue weighted by atomic mass is 16.5. The SMILES string of the molecule is NCCOC/N=C/C=N/CCOCN. The monoisotopic (exact) mass is 202 g/mol. The first kappa shape index (κ1) is 13.2. The van der Waals surface area contributed by atoms with Gasteiger partial charge in [-0.05, 0) is 0 Å². The summed E-state index contributed by atoms with van der Waals surface area (Å²) in [5.41, 5.74) is 10.3. The summed E-state index contributed by atoms with van der Waals surface area (Å²) in [6.45, 7) is 2.72. The number of hydrogen-bond donors (Lipinski definition) is 2. The molecule has 0 bridgehead atoms. The van der Waals surface area contributed by atoms with Crippen LogP contribution in [0.4, 0.5) is 0 Å². The van der Waals surface area contributed by atoms with Gasteiger partial charge in [0, 0.05) is 19.0 Å². The van der Waals surface area contributed by atoms with Gasteiger partial charge in [0.1, 0.15) is 6.73 Å². The van der Waals surface area contributed by atoms with E-state index in [1.54, 1.807) is 12.4 Å². The maximum Gasteiger partial charge on any atom is 0.137 e. The number of nitrogens with zero attached hydrogens (tertiary/aromatic N) is 2. The summed E-state index contributed by atoms with van der Waals surface area (Å²) in [4.78, 5) is 7.90. The molecule has 0 rings (SSSR count). The zero-order valence-electron chi connectivity index (χ0n) is 8.26. The summed E-state index contributed by atoms with van der Waals surface area (Å²) in [7, 11) is 0. The molecule has 0 saturated carbocycles. The third-order valence-corrected chi connectivity index (χ3v) is 1.19. The lowest BCUT2D eigenvalue weighted by Crippen LogP contribution is -2.08. The topological polar surface area (TPSA) is 95.2 Å². The molecule has 0 saturated heterocycles. The molecular formula is C8H18N4O2. The highest BCUT2D eigenvalue weighted by Crippen LogP contribution is 1.73. The normalized spacial score (nSPS) is 11.9. The Morgan fingerprint density at radius 3 is 2.50 bits per heavy atom. The van der Waals surface area contributed by atoms with Crippen LogP contribution >= 0.6 is 0 Å². The molecule has 0 atom stereocenters. The molecule has 0 aromatic heterocycles. The molecule has 0 amide bonds. The molecule has 82 valence electrons. The number of hydrogen-bond acceptors (Lipinski definition) is 6. The third-order valence-electron chi connectivity index (χ3n) is 1.19. The first-order chi connectivity index (χ1) is 6.91. The van der Waals surface area contributed by atoms with E-state index in [9.17, 15) is 0 Å². The van der Waals surface area contributed by atoms with Gasteiger partial charge in [0.15, 0.2) is 0 Å². The van der Waals surface area contributed by atoms with Gasteiger partial charge in [-0.1, -0.05) is 0 Å². The lowest BCUT2D eigenvalue weighted by atomic mass is 10.7. The summed E-state index contributed by atoms with van der Waals surface area (Å²) >= 11 is 0. The molecular weight excluding hydrogens is 184 g/mol. The average Bonchev–Trinajstić information content (AvgIpc) is 2.21. The summed E-state index contributed by atoms with van der Waals surface area (Å²) in [5.74, 6) is 0. The van der Waals surface area contributed by atoms with Gasteiger partial charge in [-0.25, -0.2) is 0 Å². The van der Waals surface area contributed by atoms with Gasteiger partial charge in [-0.2, -0.15) is 0 Å². The second kappa shape index (κ2) is 12.2. The van der Waals surface area contributed by atoms with Crippen LogP contribution in [0.15, 0.2) is 9.98 Å². The van der Waals surface area contributed by atoms with Crippen molar-refractivity contribution in [2.24, 2.45) is 21.5 Å². The van der Waals surface area contributed by atoms with Crippen molar-refractivity contribution in [3.63, 3.8) is 0 Å². The maximum atomic E-state index is 5.21. The quantitative estimate of drug-likeness (QED) is 0.284. The minimum atomic E-state index is 0.233. The van der Waals surface area contributed by atoms with Gasteiger partial charge < -0.3 is 20.9 Å². The van der Waals surface area contributed by atoms with Crippen LogP contribution in [0, 0.1) is 0 Å². The number of rotatable bonds is 9. The van der Waals surface area contributed by atoms with Crippen molar-refractivity contribution < 1.29 is 9.47 Å². The van der Waals surface area contributed by atoms with Crippen LogP contribution in [0.5, 0.6) is 0 Å². The Kier molecular flexibility index (Phi) is 11.5. The van der Waals surface area contributed by atoms with E-state index in [-0.39, 0.29) is 6.73 Å². The van der Waals surface area contributed by atoms with Crippen LogP contribution in [0.25, 0.3) is 0 Å². The molecule has 0 fully saturated rings. The molecule has 6 heteroatoms. The molecule has 0 unspecified atom stereocenters. The van der Waals surface area contributed by atoms with Crippen molar-refractivity contribution in [2.75, 3.05) is 39.8 Å². The van der Waals surface area contributed by atoms with E-state index in [1.165, 1.54) is 0 Å². The Balaban J connectivity index is 3.15. The van der Waals surface area contributed by atoms with Crippen molar-refractivity contribution in [3.8, 4) is 0 Å². The first-order valence-electron chi connectivity index (χ1n) is 4.45. The van der Waals surface area contributed by atoms with E-state index in [1.807, 2.05) is 0 Å². The third kappa shape index (κ3) is 11.2. The Morgan fingerprint density at radius 1 is 1.00 bits per heavy atom. The largest absolute Gasteiger partial charge is 0.365 e. The predicted molar refractivity (Wildman–Crippen MR) is 56.7 cm³/mol. The zero-order valence-corrected chi connectivity index (χ0v) is 8.26. The van der Waals surface area contributed by atoms with Crippen LogP contribution in [0.1, 0.15) is 0 Å². The van der Waals surface area contributed by atoms with Crippen LogP contribution in [-0.2, 0) is 9.47 Å². The second-order valence-corrected chi connectivity index (χ2v) is 2.29. The van der Waals surface area contributed by atoms with Crippen LogP contribution in [-0.4, -0.2) is 52.2 Å². The summed E-state index contributed by atoms with van der Waals surface area (Å²) in [6, 6.07) is 0. The fourth-order valence-corrected chi connectivity index (χ4v) is 0.613. The first-order valence-corrected chi connectivity index (χ1v) is 4.45. The fraction of sp³-hybridized carbons (Fsp3) is 0.750. The fourth-order valence-electron chi connectivity index (χ4n) is 0.613. The summed E-state index contributed by atoms with van der Waals surface area (Å²) in [5, 5.41) is 0. The zero-order chi connectivity index (χ0) is 10.5. The second-order valence-electron chi connectivity index (χ2n) is 2.29. The van der Waals surface area contributed by atoms with E-state index < -0.39 is 0 Å². The maximum absolute atomic E-state index is 5.21. The predicted octanol–water partition coefficient (Wildman–Crippen LogP) is -1.01. The van der Waals surface area contributed by atoms with Crippen molar-refractivity contribution >= 4 is 12.4 Å². The van der Waals surface area contributed by atoms with E-state index in [0.717, 1.165) is 0 Å². The minimum absolute atomic E-state index is 0.233. The van der Waals surface area contributed by atoms with Gasteiger partial charge in [0.25, 0.3) is 0 Å². The van der Waals surface area contributed by atoms with Crippen molar-refractivity contribution in [3.05, 3.63) is 0 Å². The van der Waals surface area contributed by atoms with E-state index >= 15 is 0 Å². The van der Waals surface area contributed by atoms with E-state index in [4.69, 9.17) is 20.9 Å². The Labute approximate surface area is 84.0 Å². The van der Waals surface area contributed by atoms with E-state index in [0.29, 0.717) is 33.0 Å². The van der Waals surface area contributed by atoms with Gasteiger partial charge >= 0.3 is 0 Å². The van der Waals surface area contributed by atoms with Crippen molar-refractivity contribution in [2.45, 2.75) is 0 Å². The van der Waals surface area contributed by atoms with Gasteiger partial charge in [-0.3, -0.25) is 9.98 Å². The Morgan fingerprint density at radius 2 is 1.79 bits per heavy atom. The van der Waals surface area contributed by atoms with Crippen molar-refractivity contribution in [1.29, 1.82) is 0 Å². The molecule has 0 aromatic rings. The number of aliphatic imine (C=N–C) groups is 2. The lowest BCUT2D eigenvalue weighted by molar-refractivity contribution is 0.149. The molecule has 0 aliphatic carbocycles. The summed E-state index contributed by atoms with van der Waals surface area (Å²) in [6.07, 6.45) is 3.19. The molecule has 0 spiro atoms. The smallest absolute Gasteiger partial charge is 0.137 e. The van der Waals surface area contributed by atoms with E-state index in [2.05, 4.69) is 9.98 Å².